The molecule has 4 rings (SSSR count). The molecule has 5 nitrogen and oxygen atoms in total. The maximum atomic E-state index is 13.3. The van der Waals surface area contributed by atoms with E-state index in [9.17, 15) is 9.59 Å². The molecule has 2 heterocycles. The van der Waals surface area contributed by atoms with Crippen molar-refractivity contribution in [3.8, 4) is 0 Å². The number of likely N-dealkylation sites (N-methyl/N-ethyl adjacent to an activating group) is 2. The highest BCUT2D eigenvalue weighted by molar-refractivity contribution is 6.07. The molecule has 1 aromatic rings. The molecule has 31 heavy (non-hydrogen) atoms. The second-order valence-corrected chi connectivity index (χ2v) is 9.01. The Bertz CT molecular complexity index is 949. The number of aryl methyl sites for hydroxylation is 1. The Kier molecular flexibility index (Phi) is 6.15. The number of anilines is 1. The highest BCUT2D eigenvalue weighted by Crippen LogP contribution is 2.39. The van der Waals surface area contributed by atoms with Gasteiger partial charge in [-0.15, -0.1) is 0 Å². The molecule has 1 aromatic carbocycles. The van der Waals surface area contributed by atoms with Crippen molar-refractivity contribution in [3.05, 3.63) is 64.8 Å². The van der Waals surface area contributed by atoms with Crippen molar-refractivity contribution in [2.75, 3.05) is 38.6 Å². The van der Waals surface area contributed by atoms with Gasteiger partial charge in [-0.2, -0.15) is 0 Å². The van der Waals surface area contributed by atoms with Gasteiger partial charge in [0.1, 0.15) is 0 Å². The summed E-state index contributed by atoms with van der Waals surface area (Å²) < 4.78 is 0. The Hall–Kier alpha value is -2.66. The van der Waals surface area contributed by atoms with Crippen LogP contribution < -0.4 is 4.90 Å². The average molecular weight is 420 g/mol. The summed E-state index contributed by atoms with van der Waals surface area (Å²) in [4.78, 5) is 32.2. The Morgan fingerprint density at radius 3 is 2.42 bits per heavy atom. The summed E-state index contributed by atoms with van der Waals surface area (Å²) in [5, 5.41) is 0. The predicted octanol–water partition coefficient (Wildman–Crippen LogP) is 3.71. The van der Waals surface area contributed by atoms with E-state index < -0.39 is 0 Å². The van der Waals surface area contributed by atoms with Gasteiger partial charge >= 0.3 is 0 Å². The van der Waals surface area contributed by atoms with Crippen LogP contribution in [0.25, 0.3) is 0 Å². The molecule has 1 saturated heterocycles. The predicted molar refractivity (Wildman–Crippen MR) is 125 cm³/mol. The standard InChI is InChI=1S/C26H33N3O2/c1-5-29-24-11-8-20(26(31)28(4)21-9-6-18(2)7-10-21)16-23(24)22(17-25(29)30)19-12-14-27(3)15-13-19/h6-10,16-17,19,24H,5,11-15H2,1-4H3. The van der Waals surface area contributed by atoms with Gasteiger partial charge in [-0.05, 0) is 88.5 Å². The summed E-state index contributed by atoms with van der Waals surface area (Å²) in [5.74, 6) is 0.494. The fourth-order valence-electron chi connectivity index (χ4n) is 4.99. The van der Waals surface area contributed by atoms with Crippen LogP contribution in [0.4, 0.5) is 5.69 Å². The molecule has 3 aliphatic rings. The first-order valence-corrected chi connectivity index (χ1v) is 11.4. The minimum absolute atomic E-state index is 0.00233. The van der Waals surface area contributed by atoms with E-state index in [0.29, 0.717) is 18.9 Å². The number of fused-ring (bicyclic) bond motifs is 1. The minimum Gasteiger partial charge on any atom is -0.332 e. The van der Waals surface area contributed by atoms with Gasteiger partial charge in [-0.1, -0.05) is 23.8 Å². The van der Waals surface area contributed by atoms with Gasteiger partial charge in [0.15, 0.2) is 0 Å². The number of benzene rings is 1. The van der Waals surface area contributed by atoms with E-state index in [1.165, 1.54) is 11.1 Å². The average Bonchev–Trinajstić information content (AvgIpc) is 2.78. The smallest absolute Gasteiger partial charge is 0.257 e. The second kappa shape index (κ2) is 8.83. The number of rotatable bonds is 4. The Balaban J connectivity index is 1.64. The highest BCUT2D eigenvalue weighted by Gasteiger charge is 2.37. The molecule has 0 radical (unpaired) electrons. The van der Waals surface area contributed by atoms with Gasteiger partial charge < -0.3 is 14.7 Å². The lowest BCUT2D eigenvalue weighted by Crippen LogP contribution is -2.46. The normalized spacial score (nSPS) is 22.5. The van der Waals surface area contributed by atoms with E-state index >= 15 is 0 Å². The van der Waals surface area contributed by atoms with Crippen LogP contribution in [0.1, 0.15) is 31.7 Å². The largest absolute Gasteiger partial charge is 0.332 e. The van der Waals surface area contributed by atoms with Gasteiger partial charge in [0.2, 0.25) is 5.91 Å². The number of nitrogens with zero attached hydrogens (tertiary/aromatic N) is 3. The summed E-state index contributed by atoms with van der Waals surface area (Å²) in [5.41, 5.74) is 5.10. The van der Waals surface area contributed by atoms with Crippen molar-refractivity contribution < 1.29 is 9.59 Å². The Morgan fingerprint density at radius 1 is 1.10 bits per heavy atom. The fourth-order valence-corrected chi connectivity index (χ4v) is 4.99. The monoisotopic (exact) mass is 419 g/mol. The molecule has 0 aromatic heterocycles. The van der Waals surface area contributed by atoms with Crippen LogP contribution in [0, 0.1) is 12.8 Å². The summed E-state index contributed by atoms with van der Waals surface area (Å²) >= 11 is 0. The Labute approximate surface area is 185 Å². The maximum Gasteiger partial charge on any atom is 0.257 e. The Morgan fingerprint density at radius 2 is 1.77 bits per heavy atom. The summed E-state index contributed by atoms with van der Waals surface area (Å²) in [6.45, 7) is 6.84. The molecule has 5 heteroatoms. The van der Waals surface area contributed by atoms with Gasteiger partial charge in [-0.3, -0.25) is 9.59 Å². The second-order valence-electron chi connectivity index (χ2n) is 9.01. The topological polar surface area (TPSA) is 43.9 Å². The van der Waals surface area contributed by atoms with Crippen molar-refractivity contribution in [2.24, 2.45) is 5.92 Å². The minimum atomic E-state index is -0.00233. The SMILES string of the molecule is CCN1C(=O)C=C(C2CCN(C)CC2)C2=CC(C(=O)N(C)c3ccc(C)cc3)=CCC21. The van der Waals surface area contributed by atoms with E-state index in [0.717, 1.165) is 42.8 Å². The van der Waals surface area contributed by atoms with Gasteiger partial charge in [0.05, 0.1) is 6.04 Å². The molecule has 0 saturated carbocycles. The lowest BCUT2D eigenvalue weighted by molar-refractivity contribution is -0.128. The first kappa shape index (κ1) is 21.6. The molecule has 1 fully saturated rings. The van der Waals surface area contributed by atoms with Crippen molar-refractivity contribution in [1.82, 2.24) is 9.80 Å². The highest BCUT2D eigenvalue weighted by atomic mass is 16.2. The lowest BCUT2D eigenvalue weighted by Gasteiger charge is -2.41. The molecule has 0 N–H and O–H groups in total. The number of carbonyl (C=O) groups is 2. The van der Waals surface area contributed by atoms with Crippen LogP contribution in [0.2, 0.25) is 0 Å². The zero-order chi connectivity index (χ0) is 22.1. The molecule has 0 spiro atoms. The van der Waals surface area contributed by atoms with Gasteiger partial charge in [0, 0.05) is 30.9 Å². The van der Waals surface area contributed by atoms with E-state index in [1.54, 1.807) is 4.90 Å². The van der Waals surface area contributed by atoms with Gasteiger partial charge in [0.25, 0.3) is 5.91 Å². The van der Waals surface area contributed by atoms with Crippen molar-refractivity contribution >= 4 is 17.5 Å². The first-order chi connectivity index (χ1) is 14.9. The number of hydrogen-bond acceptors (Lipinski definition) is 3. The van der Waals surface area contributed by atoms with Crippen molar-refractivity contribution in [3.63, 3.8) is 0 Å². The van der Waals surface area contributed by atoms with Crippen LogP contribution >= 0.6 is 0 Å². The number of amides is 2. The third kappa shape index (κ3) is 4.24. The van der Waals surface area contributed by atoms with Gasteiger partial charge in [-0.25, -0.2) is 0 Å². The quantitative estimate of drug-likeness (QED) is 0.747. The molecular weight excluding hydrogens is 386 g/mol. The summed E-state index contributed by atoms with van der Waals surface area (Å²) in [6.07, 6.45) is 8.72. The molecule has 1 unspecified atom stereocenters. The molecule has 0 bridgehead atoms. The zero-order valence-corrected chi connectivity index (χ0v) is 19.1. The molecule has 2 amide bonds. The number of likely N-dealkylation sites (tertiary alicyclic amines) is 1. The van der Waals surface area contributed by atoms with E-state index in [2.05, 4.69) is 18.0 Å². The van der Waals surface area contributed by atoms with Crippen molar-refractivity contribution in [2.45, 2.75) is 39.2 Å². The van der Waals surface area contributed by atoms with Crippen LogP contribution in [0.5, 0.6) is 0 Å². The molecule has 164 valence electrons. The van der Waals surface area contributed by atoms with E-state index in [1.807, 2.05) is 62.2 Å². The molecule has 2 aliphatic heterocycles. The van der Waals surface area contributed by atoms with Crippen LogP contribution in [-0.4, -0.2) is 61.4 Å². The third-order valence-corrected chi connectivity index (χ3v) is 6.97. The fraction of sp³-hybridized carbons (Fsp3) is 0.462. The molecular formula is C26H33N3O2. The lowest BCUT2D eigenvalue weighted by atomic mass is 9.76. The van der Waals surface area contributed by atoms with Crippen LogP contribution in [0.15, 0.2) is 59.2 Å². The van der Waals surface area contributed by atoms with E-state index in [4.69, 9.17) is 0 Å². The van der Waals surface area contributed by atoms with Crippen LogP contribution in [-0.2, 0) is 9.59 Å². The van der Waals surface area contributed by atoms with Crippen LogP contribution in [0.3, 0.4) is 0 Å². The summed E-state index contributed by atoms with van der Waals surface area (Å²) in [7, 11) is 3.98. The third-order valence-electron chi connectivity index (χ3n) is 6.97. The molecule has 1 atom stereocenters. The summed E-state index contributed by atoms with van der Waals surface area (Å²) in [6, 6.07) is 8.05. The van der Waals surface area contributed by atoms with E-state index in [-0.39, 0.29) is 17.9 Å². The molecule has 1 aliphatic carbocycles. The first-order valence-electron chi connectivity index (χ1n) is 11.4. The maximum absolute atomic E-state index is 13.3. The zero-order valence-electron chi connectivity index (χ0n) is 19.1. The number of carbonyl (C=O) groups excluding carboxylic acids is 2. The number of piperidine rings is 1. The van der Waals surface area contributed by atoms with Crippen molar-refractivity contribution in [1.29, 1.82) is 0 Å². The number of hydrogen-bond donors (Lipinski definition) is 0.